The summed E-state index contributed by atoms with van der Waals surface area (Å²) < 4.78 is 7.49. The Hall–Kier alpha value is -1.36. The second-order valence-corrected chi connectivity index (χ2v) is 8.95. The second kappa shape index (κ2) is 7.10. The zero-order valence-corrected chi connectivity index (χ0v) is 15.9. The molecule has 1 aliphatic carbocycles. The van der Waals surface area contributed by atoms with Crippen LogP contribution in [0.1, 0.15) is 36.6 Å². The molecule has 132 valence electrons. The van der Waals surface area contributed by atoms with Crippen molar-refractivity contribution in [1.82, 2.24) is 9.55 Å². The summed E-state index contributed by atoms with van der Waals surface area (Å²) in [4.78, 5) is 20.2. The molecule has 2 aromatic rings. The van der Waals surface area contributed by atoms with Crippen molar-refractivity contribution in [3.63, 3.8) is 0 Å². The summed E-state index contributed by atoms with van der Waals surface area (Å²) in [5, 5.41) is 10.4. The monoisotopic (exact) mass is 375 g/mol. The van der Waals surface area contributed by atoms with Gasteiger partial charge in [0.1, 0.15) is 4.83 Å². The van der Waals surface area contributed by atoms with Crippen LogP contribution < -0.4 is 5.56 Å². The number of hydrogen-bond acceptors (Lipinski definition) is 6. The molecule has 0 spiro atoms. The predicted octanol–water partition coefficient (Wildman–Crippen LogP) is 3.38. The summed E-state index contributed by atoms with van der Waals surface area (Å²) in [6.45, 7) is 3.57. The van der Waals surface area contributed by atoms with Gasteiger partial charge in [-0.25, -0.2) is 4.98 Å². The molecule has 0 aromatic carbocycles. The van der Waals surface area contributed by atoms with Gasteiger partial charge in [-0.2, -0.15) is 5.26 Å². The minimum absolute atomic E-state index is 0.0491. The lowest BCUT2D eigenvalue weighted by Gasteiger charge is -2.18. The number of thiophene rings is 1. The molecule has 1 aliphatic heterocycles. The van der Waals surface area contributed by atoms with Crippen molar-refractivity contribution in [2.75, 3.05) is 12.4 Å². The fourth-order valence-electron chi connectivity index (χ4n) is 3.76. The summed E-state index contributed by atoms with van der Waals surface area (Å²) in [5.74, 6) is 0.966. The topological polar surface area (TPSA) is 67.9 Å². The number of fused-ring (bicyclic) bond motifs is 3. The van der Waals surface area contributed by atoms with E-state index < -0.39 is 0 Å². The Bertz CT molecular complexity index is 890. The smallest absolute Gasteiger partial charge is 0.263 e. The first-order chi connectivity index (χ1) is 12.2. The maximum Gasteiger partial charge on any atom is 0.263 e. The average Bonchev–Trinajstić information content (AvgIpc) is 3.22. The fourth-order valence-corrected chi connectivity index (χ4v) is 5.86. The quantitative estimate of drug-likeness (QED) is 0.605. The highest BCUT2D eigenvalue weighted by molar-refractivity contribution is 7.99. The molecule has 25 heavy (non-hydrogen) atoms. The molecule has 7 heteroatoms. The lowest BCUT2D eigenvalue weighted by molar-refractivity contribution is 0.0937. The van der Waals surface area contributed by atoms with Crippen molar-refractivity contribution < 1.29 is 4.74 Å². The van der Waals surface area contributed by atoms with Crippen LogP contribution in [0.2, 0.25) is 0 Å². The first-order valence-corrected chi connectivity index (χ1v) is 10.6. The minimum atomic E-state index is 0.0491. The average molecular weight is 376 g/mol. The lowest BCUT2D eigenvalue weighted by Crippen LogP contribution is -2.29. The van der Waals surface area contributed by atoms with E-state index in [0.717, 1.165) is 48.9 Å². The zero-order chi connectivity index (χ0) is 17.4. The van der Waals surface area contributed by atoms with E-state index >= 15 is 0 Å². The third kappa shape index (κ3) is 3.23. The van der Waals surface area contributed by atoms with Gasteiger partial charge >= 0.3 is 0 Å². The van der Waals surface area contributed by atoms with Crippen molar-refractivity contribution in [2.45, 2.75) is 56.8 Å². The van der Waals surface area contributed by atoms with Crippen molar-refractivity contribution in [2.24, 2.45) is 5.92 Å². The molecule has 0 saturated carbocycles. The summed E-state index contributed by atoms with van der Waals surface area (Å²) in [7, 11) is 0. The van der Waals surface area contributed by atoms with Crippen LogP contribution in [0.5, 0.6) is 0 Å². The van der Waals surface area contributed by atoms with Gasteiger partial charge in [-0.1, -0.05) is 18.7 Å². The summed E-state index contributed by atoms with van der Waals surface area (Å²) in [5.41, 5.74) is 1.27. The molecule has 0 amide bonds. The lowest BCUT2D eigenvalue weighted by atomic mass is 9.89. The van der Waals surface area contributed by atoms with Gasteiger partial charge in [-0.05, 0) is 43.6 Å². The predicted molar refractivity (Wildman–Crippen MR) is 100 cm³/mol. The maximum atomic E-state index is 13.3. The molecule has 2 atom stereocenters. The first kappa shape index (κ1) is 17.1. The van der Waals surface area contributed by atoms with Gasteiger partial charge in [-0.3, -0.25) is 9.36 Å². The van der Waals surface area contributed by atoms with Gasteiger partial charge in [0.2, 0.25) is 0 Å². The van der Waals surface area contributed by atoms with Crippen LogP contribution in [0.25, 0.3) is 10.2 Å². The van der Waals surface area contributed by atoms with E-state index in [0.29, 0.717) is 23.4 Å². The van der Waals surface area contributed by atoms with Crippen molar-refractivity contribution >= 4 is 33.3 Å². The van der Waals surface area contributed by atoms with Crippen LogP contribution in [0, 0.1) is 17.2 Å². The fraction of sp³-hybridized carbons (Fsp3) is 0.611. The molecular formula is C18H21N3O2S2. The SMILES string of the molecule is CC1CCc2c(sc3nc(SCC#N)n(CC4CCCO4)c(=O)c23)C1. The Balaban J connectivity index is 1.83. The van der Waals surface area contributed by atoms with Crippen LogP contribution in [0.15, 0.2) is 9.95 Å². The number of rotatable bonds is 4. The standard InChI is InChI=1S/C18H21N3O2S2/c1-11-4-5-13-14(9-11)25-16-15(13)17(22)21(10-12-3-2-7-23-12)18(20-16)24-8-6-19/h11-12H,2-5,7-10H2,1H3. The van der Waals surface area contributed by atoms with E-state index in [4.69, 9.17) is 15.0 Å². The molecule has 0 radical (unpaired) electrons. The normalized spacial score (nSPS) is 22.9. The number of aromatic nitrogens is 2. The number of hydrogen-bond donors (Lipinski definition) is 0. The van der Waals surface area contributed by atoms with Crippen molar-refractivity contribution in [3.8, 4) is 6.07 Å². The molecular weight excluding hydrogens is 354 g/mol. The van der Waals surface area contributed by atoms with Gasteiger partial charge < -0.3 is 4.74 Å². The first-order valence-electron chi connectivity index (χ1n) is 8.83. The number of nitrogens with zero attached hydrogens (tertiary/aromatic N) is 3. The van der Waals surface area contributed by atoms with E-state index in [1.165, 1.54) is 22.2 Å². The largest absolute Gasteiger partial charge is 0.376 e. The molecule has 1 fully saturated rings. The zero-order valence-electron chi connectivity index (χ0n) is 14.3. The van der Waals surface area contributed by atoms with Gasteiger partial charge in [-0.15, -0.1) is 11.3 Å². The molecule has 2 aliphatic rings. The number of nitriles is 1. The van der Waals surface area contributed by atoms with E-state index in [9.17, 15) is 4.79 Å². The summed E-state index contributed by atoms with van der Waals surface area (Å²) in [6.07, 6.45) is 5.25. The number of ether oxygens (including phenoxy) is 1. The highest BCUT2D eigenvalue weighted by atomic mass is 32.2. The van der Waals surface area contributed by atoms with E-state index in [2.05, 4.69) is 13.0 Å². The van der Waals surface area contributed by atoms with Gasteiger partial charge in [0, 0.05) is 11.5 Å². The number of aryl methyl sites for hydroxylation is 1. The van der Waals surface area contributed by atoms with Crippen LogP contribution in [0.3, 0.4) is 0 Å². The van der Waals surface area contributed by atoms with E-state index in [-0.39, 0.29) is 11.7 Å². The van der Waals surface area contributed by atoms with Crippen molar-refractivity contribution in [3.05, 3.63) is 20.8 Å². The Kier molecular flexibility index (Phi) is 4.85. The molecule has 4 rings (SSSR count). The highest BCUT2D eigenvalue weighted by Gasteiger charge is 2.26. The number of thioether (sulfide) groups is 1. The van der Waals surface area contributed by atoms with E-state index in [1.807, 2.05) is 0 Å². The molecule has 5 nitrogen and oxygen atoms in total. The summed E-state index contributed by atoms with van der Waals surface area (Å²) in [6, 6.07) is 2.14. The molecule has 3 heterocycles. The van der Waals surface area contributed by atoms with Crippen LogP contribution >= 0.6 is 23.1 Å². The van der Waals surface area contributed by atoms with E-state index in [1.54, 1.807) is 15.9 Å². The third-order valence-corrected chi connectivity index (χ3v) is 7.05. The second-order valence-electron chi connectivity index (χ2n) is 6.92. The minimum Gasteiger partial charge on any atom is -0.376 e. The Morgan fingerprint density at radius 2 is 2.36 bits per heavy atom. The van der Waals surface area contributed by atoms with Gasteiger partial charge in [0.05, 0.1) is 29.9 Å². The molecule has 2 aromatic heterocycles. The molecule has 0 N–H and O–H groups in total. The van der Waals surface area contributed by atoms with Gasteiger partial charge in [0.15, 0.2) is 5.16 Å². The molecule has 1 saturated heterocycles. The highest BCUT2D eigenvalue weighted by Crippen LogP contribution is 2.36. The maximum absolute atomic E-state index is 13.3. The van der Waals surface area contributed by atoms with Crippen LogP contribution in [0.4, 0.5) is 0 Å². The molecule has 2 unspecified atom stereocenters. The third-order valence-electron chi connectivity index (χ3n) is 5.06. The van der Waals surface area contributed by atoms with Gasteiger partial charge in [0.25, 0.3) is 5.56 Å². The Labute approximate surface area is 155 Å². The van der Waals surface area contributed by atoms with Crippen molar-refractivity contribution in [1.29, 1.82) is 5.26 Å². The van der Waals surface area contributed by atoms with Crippen LogP contribution in [-0.2, 0) is 24.1 Å². The Morgan fingerprint density at radius 1 is 1.48 bits per heavy atom. The summed E-state index contributed by atoms with van der Waals surface area (Å²) >= 11 is 3.01. The Morgan fingerprint density at radius 3 is 3.12 bits per heavy atom. The van der Waals surface area contributed by atoms with Crippen LogP contribution in [-0.4, -0.2) is 28.0 Å². The molecule has 0 bridgehead atoms.